The van der Waals surface area contributed by atoms with Gasteiger partial charge in [0.05, 0.1) is 6.61 Å². The van der Waals surface area contributed by atoms with Crippen LogP contribution in [0.5, 0.6) is 0 Å². The third kappa shape index (κ3) is 3.41. The summed E-state index contributed by atoms with van der Waals surface area (Å²) in [5, 5.41) is 14.2. The van der Waals surface area contributed by atoms with Crippen LogP contribution < -0.4 is 11.1 Å². The second-order valence-corrected chi connectivity index (χ2v) is 5.01. The molecular formula is C11H19N3O2S. The summed E-state index contributed by atoms with van der Waals surface area (Å²) in [4.78, 5) is 15.7. The fourth-order valence-electron chi connectivity index (χ4n) is 1.53. The number of nitrogens with two attached hydrogens (primary N) is 1. The molecule has 5 nitrogen and oxygen atoms in total. The lowest BCUT2D eigenvalue weighted by molar-refractivity contribution is 0.0847. The number of aromatic nitrogens is 1. The minimum atomic E-state index is -0.239. The summed E-state index contributed by atoms with van der Waals surface area (Å²) in [6.07, 6.45) is 1.64. The van der Waals surface area contributed by atoms with Crippen molar-refractivity contribution in [3.05, 3.63) is 11.1 Å². The first-order valence-electron chi connectivity index (χ1n) is 5.67. The third-order valence-corrected chi connectivity index (χ3v) is 3.89. The number of carbonyl (C=O) groups excluding carboxylic acids is 1. The van der Waals surface area contributed by atoms with E-state index in [1.165, 1.54) is 11.3 Å². The van der Waals surface area contributed by atoms with E-state index in [2.05, 4.69) is 10.3 Å². The number of amides is 1. The fourth-order valence-corrected chi connectivity index (χ4v) is 2.07. The summed E-state index contributed by atoms with van der Waals surface area (Å²) < 4.78 is 0. The molecule has 4 N–H and O–H groups in total. The van der Waals surface area contributed by atoms with Crippen molar-refractivity contribution in [1.82, 2.24) is 10.3 Å². The van der Waals surface area contributed by atoms with Gasteiger partial charge in [0, 0.05) is 17.3 Å². The molecule has 0 atom stereocenters. The summed E-state index contributed by atoms with van der Waals surface area (Å²) in [6.45, 7) is 4.53. The first kappa shape index (κ1) is 13.9. The van der Waals surface area contributed by atoms with E-state index in [1.54, 1.807) is 5.38 Å². The Morgan fingerprint density at radius 2 is 2.24 bits per heavy atom. The molecule has 6 heteroatoms. The van der Waals surface area contributed by atoms with Crippen molar-refractivity contribution >= 4 is 22.4 Å². The number of carbonyl (C=O) groups is 1. The average Bonchev–Trinajstić information content (AvgIpc) is 2.78. The number of hydrogen-bond acceptors (Lipinski definition) is 5. The van der Waals surface area contributed by atoms with Crippen molar-refractivity contribution in [1.29, 1.82) is 0 Å². The molecule has 1 aromatic heterocycles. The summed E-state index contributed by atoms with van der Waals surface area (Å²) in [5.41, 5.74) is 5.56. The second-order valence-electron chi connectivity index (χ2n) is 4.12. The Labute approximate surface area is 105 Å². The predicted octanol–water partition coefficient (Wildman–Crippen LogP) is 1.25. The first-order valence-corrected chi connectivity index (χ1v) is 6.55. The fraction of sp³-hybridized carbons (Fsp3) is 0.636. The van der Waals surface area contributed by atoms with E-state index in [9.17, 15) is 9.90 Å². The van der Waals surface area contributed by atoms with Crippen LogP contribution in [0.1, 0.15) is 37.2 Å². The maximum atomic E-state index is 11.7. The molecule has 1 amide bonds. The van der Waals surface area contributed by atoms with E-state index >= 15 is 0 Å². The monoisotopic (exact) mass is 257 g/mol. The minimum absolute atomic E-state index is 0.0689. The number of aliphatic hydroxyl groups excluding tert-OH is 1. The molecule has 0 saturated heterocycles. The molecule has 0 aliphatic rings. The van der Waals surface area contributed by atoms with Gasteiger partial charge in [-0.05, 0) is 12.8 Å². The summed E-state index contributed by atoms with van der Waals surface area (Å²) in [7, 11) is 0. The van der Waals surface area contributed by atoms with E-state index in [-0.39, 0.29) is 17.9 Å². The van der Waals surface area contributed by atoms with Crippen molar-refractivity contribution in [2.24, 2.45) is 5.41 Å². The molecule has 0 aliphatic carbocycles. The van der Waals surface area contributed by atoms with Crippen molar-refractivity contribution in [3.63, 3.8) is 0 Å². The number of nitrogens with one attached hydrogen (secondary N) is 1. The molecule has 1 aromatic rings. The highest BCUT2D eigenvalue weighted by molar-refractivity contribution is 7.13. The number of nitrogen functional groups attached to an aromatic ring is 1. The summed E-state index contributed by atoms with van der Waals surface area (Å²) >= 11 is 1.24. The molecule has 0 aromatic carbocycles. The van der Waals surface area contributed by atoms with Gasteiger partial charge >= 0.3 is 0 Å². The van der Waals surface area contributed by atoms with Crippen LogP contribution in [0.15, 0.2) is 5.38 Å². The molecule has 0 saturated carbocycles. The third-order valence-electron chi connectivity index (χ3n) is 3.21. The molecule has 0 unspecified atom stereocenters. The highest BCUT2D eigenvalue weighted by Gasteiger charge is 2.26. The SMILES string of the molecule is CCC(CC)(CO)CNC(=O)c1csc(N)n1. The molecule has 0 aliphatic heterocycles. The van der Waals surface area contributed by atoms with E-state index in [4.69, 9.17) is 5.73 Å². The van der Waals surface area contributed by atoms with Gasteiger partial charge in [-0.2, -0.15) is 0 Å². The van der Waals surface area contributed by atoms with Gasteiger partial charge in [0.1, 0.15) is 5.69 Å². The second kappa shape index (κ2) is 5.97. The van der Waals surface area contributed by atoms with Crippen molar-refractivity contribution in [3.8, 4) is 0 Å². The van der Waals surface area contributed by atoms with Crippen LogP contribution in [0, 0.1) is 5.41 Å². The average molecular weight is 257 g/mol. The number of anilines is 1. The predicted molar refractivity (Wildman–Crippen MR) is 69.0 cm³/mol. The molecule has 96 valence electrons. The lowest BCUT2D eigenvalue weighted by Crippen LogP contribution is -2.39. The molecule has 1 heterocycles. The molecule has 17 heavy (non-hydrogen) atoms. The molecule has 0 spiro atoms. The van der Waals surface area contributed by atoms with Crippen molar-refractivity contribution in [2.75, 3.05) is 18.9 Å². The van der Waals surface area contributed by atoms with Crippen LogP contribution in [0.4, 0.5) is 5.13 Å². The zero-order chi connectivity index (χ0) is 12.9. The standard InChI is InChI=1S/C11H19N3O2S/c1-3-11(4-2,7-15)6-13-9(16)8-5-17-10(12)14-8/h5,15H,3-4,6-7H2,1-2H3,(H2,12,14)(H,13,16). The maximum absolute atomic E-state index is 11.7. The van der Waals surface area contributed by atoms with Gasteiger partial charge in [-0.3, -0.25) is 4.79 Å². The Hall–Kier alpha value is -1.14. The van der Waals surface area contributed by atoms with Gasteiger partial charge in [0.25, 0.3) is 5.91 Å². The largest absolute Gasteiger partial charge is 0.396 e. The molecule has 0 fully saturated rings. The number of hydrogen-bond donors (Lipinski definition) is 3. The maximum Gasteiger partial charge on any atom is 0.270 e. The van der Waals surface area contributed by atoms with Gasteiger partial charge in [-0.25, -0.2) is 4.98 Å². The van der Waals surface area contributed by atoms with Gasteiger partial charge in [0.2, 0.25) is 0 Å². The Bertz CT molecular complexity index is 366. The Balaban J connectivity index is 2.58. The van der Waals surface area contributed by atoms with Gasteiger partial charge in [-0.15, -0.1) is 11.3 Å². The van der Waals surface area contributed by atoms with Crippen LogP contribution in [0.2, 0.25) is 0 Å². The quantitative estimate of drug-likeness (QED) is 0.715. The number of nitrogens with zero attached hydrogens (tertiary/aromatic N) is 1. The number of thiazole rings is 1. The van der Waals surface area contributed by atoms with Crippen LogP contribution >= 0.6 is 11.3 Å². The topological polar surface area (TPSA) is 88.2 Å². The summed E-state index contributed by atoms with van der Waals surface area (Å²) in [6, 6.07) is 0. The van der Waals surface area contributed by atoms with Gasteiger partial charge in [0.15, 0.2) is 5.13 Å². The van der Waals surface area contributed by atoms with Crippen LogP contribution in [0.3, 0.4) is 0 Å². The van der Waals surface area contributed by atoms with Gasteiger partial charge in [-0.1, -0.05) is 13.8 Å². The lowest BCUT2D eigenvalue weighted by Gasteiger charge is -2.29. The van der Waals surface area contributed by atoms with E-state index < -0.39 is 0 Å². The molecule has 0 bridgehead atoms. The number of rotatable bonds is 6. The highest BCUT2D eigenvalue weighted by Crippen LogP contribution is 2.24. The highest BCUT2D eigenvalue weighted by atomic mass is 32.1. The lowest BCUT2D eigenvalue weighted by atomic mass is 9.83. The first-order chi connectivity index (χ1) is 8.06. The van der Waals surface area contributed by atoms with Gasteiger partial charge < -0.3 is 16.2 Å². The smallest absolute Gasteiger partial charge is 0.270 e. The molecule has 1 rings (SSSR count). The molecular weight excluding hydrogens is 238 g/mol. The van der Waals surface area contributed by atoms with E-state index in [0.717, 1.165) is 12.8 Å². The Kier molecular flexibility index (Phi) is 4.89. The van der Waals surface area contributed by atoms with E-state index in [0.29, 0.717) is 17.4 Å². The van der Waals surface area contributed by atoms with E-state index in [1.807, 2.05) is 13.8 Å². The summed E-state index contributed by atoms with van der Waals surface area (Å²) in [5.74, 6) is -0.238. The Morgan fingerprint density at radius 1 is 1.59 bits per heavy atom. The molecule has 0 radical (unpaired) electrons. The van der Waals surface area contributed by atoms with Crippen LogP contribution in [-0.4, -0.2) is 29.1 Å². The zero-order valence-corrected chi connectivity index (χ0v) is 11.0. The zero-order valence-electron chi connectivity index (χ0n) is 10.2. The number of aliphatic hydroxyl groups is 1. The van der Waals surface area contributed by atoms with Crippen LogP contribution in [-0.2, 0) is 0 Å². The van der Waals surface area contributed by atoms with Crippen molar-refractivity contribution < 1.29 is 9.90 Å². The minimum Gasteiger partial charge on any atom is -0.396 e. The van der Waals surface area contributed by atoms with Crippen LogP contribution in [0.25, 0.3) is 0 Å². The normalized spacial score (nSPS) is 11.5. The Morgan fingerprint density at radius 3 is 2.65 bits per heavy atom. The van der Waals surface area contributed by atoms with Crippen molar-refractivity contribution in [2.45, 2.75) is 26.7 Å².